The van der Waals surface area contributed by atoms with E-state index in [2.05, 4.69) is 193 Å². The molecule has 0 amide bonds. The third kappa shape index (κ3) is 6.14. The summed E-state index contributed by atoms with van der Waals surface area (Å²) in [5.74, 6) is 0.573. The monoisotopic (exact) mass is 801 g/mol. The number of nitrogens with zero attached hydrogens (tertiary/aromatic N) is 1. The van der Waals surface area contributed by atoms with Crippen LogP contribution in [0.2, 0.25) is 0 Å². The minimum atomic E-state index is 0.573. The van der Waals surface area contributed by atoms with Crippen molar-refractivity contribution in [3.05, 3.63) is 200 Å². The van der Waals surface area contributed by atoms with Gasteiger partial charge in [0.15, 0.2) is 0 Å². The fraction of sp³-hybridized carbons (Fsp3) is 0.103. The first-order valence-corrected chi connectivity index (χ1v) is 22.5. The SMILES string of the molecule is c1cc(-c2cccc3sc4ccccc4c23)cc(N(c2ccccc2-c2ccc3oc4ccccc4c3c2)c2ccccc2-c2cccc3cccc(C4CCCCC4)c23)c1. The molecular formula is C58H43NOS. The molecule has 0 radical (unpaired) electrons. The van der Waals surface area contributed by atoms with Gasteiger partial charge in [-0.05, 0) is 112 Å². The molecule has 11 aromatic rings. The molecule has 2 aromatic heterocycles. The lowest BCUT2D eigenvalue weighted by Gasteiger charge is -2.31. The molecule has 2 nitrogen and oxygen atoms in total. The summed E-state index contributed by atoms with van der Waals surface area (Å²) in [6.07, 6.45) is 6.45. The van der Waals surface area contributed by atoms with Crippen LogP contribution >= 0.6 is 11.3 Å². The summed E-state index contributed by atoms with van der Waals surface area (Å²) < 4.78 is 8.93. The van der Waals surface area contributed by atoms with E-state index in [1.807, 2.05) is 17.4 Å². The molecule has 0 bridgehead atoms. The molecule has 61 heavy (non-hydrogen) atoms. The van der Waals surface area contributed by atoms with Crippen LogP contribution in [0.3, 0.4) is 0 Å². The molecule has 3 heteroatoms. The number of anilines is 3. The third-order valence-electron chi connectivity index (χ3n) is 13.1. The Labute approximate surface area is 360 Å². The average molecular weight is 802 g/mol. The summed E-state index contributed by atoms with van der Waals surface area (Å²) in [5, 5.41) is 7.58. The van der Waals surface area contributed by atoms with E-state index >= 15 is 0 Å². The van der Waals surface area contributed by atoms with Gasteiger partial charge in [0.1, 0.15) is 11.2 Å². The Morgan fingerprint density at radius 1 is 0.426 bits per heavy atom. The van der Waals surface area contributed by atoms with Crippen molar-refractivity contribution in [1.29, 1.82) is 0 Å². The summed E-state index contributed by atoms with van der Waals surface area (Å²) in [4.78, 5) is 2.51. The van der Waals surface area contributed by atoms with Crippen LogP contribution in [0.1, 0.15) is 43.6 Å². The van der Waals surface area contributed by atoms with Crippen LogP contribution < -0.4 is 4.90 Å². The Morgan fingerprint density at radius 3 is 1.95 bits per heavy atom. The van der Waals surface area contributed by atoms with Crippen molar-refractivity contribution in [2.45, 2.75) is 38.0 Å². The van der Waals surface area contributed by atoms with E-state index in [1.165, 1.54) is 90.9 Å². The molecule has 0 N–H and O–H groups in total. The van der Waals surface area contributed by atoms with Gasteiger partial charge in [-0.15, -0.1) is 11.3 Å². The van der Waals surface area contributed by atoms with Gasteiger partial charge < -0.3 is 9.32 Å². The van der Waals surface area contributed by atoms with E-state index in [9.17, 15) is 0 Å². The van der Waals surface area contributed by atoms with Crippen molar-refractivity contribution >= 4 is 81.3 Å². The second kappa shape index (κ2) is 15.0. The molecule has 292 valence electrons. The summed E-state index contributed by atoms with van der Waals surface area (Å²) in [7, 11) is 0. The standard InChI is InChI=1S/C58H43NOS/c1-2-16-38(17-3-1)44-26-13-18-39-19-14-28-48(57(39)44)46-23-5-9-30-52(46)59(42-21-12-20-40(36-42)45-27-15-33-56-58(45)49-25-7-11-32-55(49)61-56)51-29-8-4-22-43(51)41-34-35-54-50(37-41)47-24-6-10-31-53(47)60-54/h4-15,18-38H,1-3,16-17H2. The third-order valence-corrected chi connectivity index (χ3v) is 14.2. The first-order chi connectivity index (χ1) is 30.3. The van der Waals surface area contributed by atoms with E-state index in [1.54, 1.807) is 0 Å². The lowest BCUT2D eigenvalue weighted by Crippen LogP contribution is -2.13. The normalized spacial score (nSPS) is 13.5. The van der Waals surface area contributed by atoms with Gasteiger partial charge in [0, 0.05) is 47.8 Å². The average Bonchev–Trinajstić information content (AvgIpc) is 3.90. The van der Waals surface area contributed by atoms with Gasteiger partial charge >= 0.3 is 0 Å². The van der Waals surface area contributed by atoms with E-state index < -0.39 is 0 Å². The van der Waals surface area contributed by atoms with Crippen LogP contribution in [0, 0.1) is 0 Å². The first-order valence-electron chi connectivity index (χ1n) is 21.7. The molecular weight excluding hydrogens is 759 g/mol. The van der Waals surface area contributed by atoms with Crippen molar-refractivity contribution in [2.75, 3.05) is 4.90 Å². The highest BCUT2D eigenvalue weighted by atomic mass is 32.1. The summed E-state index contributed by atoms with van der Waals surface area (Å²) >= 11 is 1.87. The Kier molecular flexibility index (Phi) is 8.82. The lowest BCUT2D eigenvalue weighted by molar-refractivity contribution is 0.445. The van der Waals surface area contributed by atoms with Crippen LogP contribution in [-0.2, 0) is 0 Å². The number of fused-ring (bicyclic) bond motifs is 7. The van der Waals surface area contributed by atoms with Crippen LogP contribution in [0.5, 0.6) is 0 Å². The number of thiophene rings is 1. The quantitative estimate of drug-likeness (QED) is 0.160. The number of hydrogen-bond acceptors (Lipinski definition) is 3. The Hall–Kier alpha value is -6.94. The summed E-state index contributed by atoms with van der Waals surface area (Å²) in [5.41, 5.74) is 13.9. The van der Waals surface area contributed by atoms with Gasteiger partial charge in [-0.1, -0.05) is 159 Å². The molecule has 12 rings (SSSR count). The molecule has 0 spiro atoms. The maximum atomic E-state index is 6.31. The maximum Gasteiger partial charge on any atom is 0.135 e. The van der Waals surface area contributed by atoms with Crippen LogP contribution in [0.4, 0.5) is 17.1 Å². The predicted molar refractivity (Wildman–Crippen MR) is 261 cm³/mol. The van der Waals surface area contributed by atoms with E-state index in [4.69, 9.17) is 4.42 Å². The highest BCUT2D eigenvalue weighted by Gasteiger charge is 2.25. The number of para-hydroxylation sites is 3. The Morgan fingerprint density at radius 2 is 1.07 bits per heavy atom. The molecule has 0 aliphatic heterocycles. The zero-order valence-electron chi connectivity index (χ0n) is 33.9. The Bertz CT molecular complexity index is 3430. The molecule has 1 aliphatic rings. The molecule has 0 saturated heterocycles. The van der Waals surface area contributed by atoms with E-state index in [0.29, 0.717) is 5.92 Å². The number of hydrogen-bond donors (Lipinski definition) is 0. The fourth-order valence-electron chi connectivity index (χ4n) is 10.3. The van der Waals surface area contributed by atoms with Crippen LogP contribution in [0.15, 0.2) is 199 Å². The summed E-state index contributed by atoms with van der Waals surface area (Å²) in [6, 6.07) is 71.7. The highest BCUT2D eigenvalue weighted by Crippen LogP contribution is 2.49. The lowest BCUT2D eigenvalue weighted by atomic mass is 9.80. The molecule has 2 heterocycles. The Balaban J connectivity index is 1.11. The van der Waals surface area contributed by atoms with Crippen LogP contribution in [-0.4, -0.2) is 0 Å². The van der Waals surface area contributed by atoms with Gasteiger partial charge in [-0.2, -0.15) is 0 Å². The fourth-order valence-corrected chi connectivity index (χ4v) is 11.4. The largest absolute Gasteiger partial charge is 0.456 e. The molecule has 9 aromatic carbocycles. The van der Waals surface area contributed by atoms with Crippen molar-refractivity contribution < 1.29 is 4.42 Å². The van der Waals surface area contributed by atoms with E-state index in [0.717, 1.165) is 50.1 Å². The number of rotatable bonds is 7. The number of benzene rings is 9. The molecule has 0 atom stereocenters. The second-order valence-electron chi connectivity index (χ2n) is 16.6. The molecule has 1 saturated carbocycles. The first kappa shape index (κ1) is 36.0. The number of furan rings is 1. The van der Waals surface area contributed by atoms with Crippen molar-refractivity contribution in [3.8, 4) is 33.4 Å². The van der Waals surface area contributed by atoms with Crippen molar-refractivity contribution in [1.82, 2.24) is 0 Å². The predicted octanol–water partition coefficient (Wildman–Crippen LogP) is 17.6. The summed E-state index contributed by atoms with van der Waals surface area (Å²) in [6.45, 7) is 0. The molecule has 0 unspecified atom stereocenters. The minimum absolute atomic E-state index is 0.573. The van der Waals surface area contributed by atoms with E-state index in [-0.39, 0.29) is 0 Å². The van der Waals surface area contributed by atoms with Crippen molar-refractivity contribution in [2.24, 2.45) is 0 Å². The zero-order valence-corrected chi connectivity index (χ0v) is 34.7. The van der Waals surface area contributed by atoms with Gasteiger partial charge in [0.2, 0.25) is 0 Å². The zero-order chi connectivity index (χ0) is 40.3. The van der Waals surface area contributed by atoms with Gasteiger partial charge in [-0.3, -0.25) is 0 Å². The minimum Gasteiger partial charge on any atom is -0.456 e. The highest BCUT2D eigenvalue weighted by molar-refractivity contribution is 7.25. The van der Waals surface area contributed by atoms with Crippen LogP contribution in [0.25, 0.3) is 86.3 Å². The molecule has 1 fully saturated rings. The van der Waals surface area contributed by atoms with Gasteiger partial charge in [0.25, 0.3) is 0 Å². The van der Waals surface area contributed by atoms with Gasteiger partial charge in [0.05, 0.1) is 11.4 Å². The molecule has 1 aliphatic carbocycles. The topological polar surface area (TPSA) is 16.4 Å². The smallest absolute Gasteiger partial charge is 0.135 e. The van der Waals surface area contributed by atoms with Gasteiger partial charge in [-0.25, -0.2) is 0 Å². The van der Waals surface area contributed by atoms with Crippen molar-refractivity contribution in [3.63, 3.8) is 0 Å². The maximum absolute atomic E-state index is 6.31. The second-order valence-corrected chi connectivity index (χ2v) is 17.7.